The van der Waals surface area contributed by atoms with Gasteiger partial charge in [0.15, 0.2) is 0 Å². The number of primary amides is 2. The second kappa shape index (κ2) is 9.82. The third kappa shape index (κ3) is 11.3. The number of amides is 2. The van der Waals surface area contributed by atoms with Gasteiger partial charge in [0.1, 0.15) is 5.70 Å². The molecule has 5 N–H and O–H groups in total. The number of rotatable bonds is 5. The smallest absolute Gasteiger partial charge is 0.475 e. The van der Waals surface area contributed by atoms with Crippen molar-refractivity contribution in [1.82, 2.24) is 4.90 Å². The van der Waals surface area contributed by atoms with Crippen LogP contribution in [0, 0.1) is 11.3 Å². The van der Waals surface area contributed by atoms with Crippen LogP contribution in [0.5, 0.6) is 0 Å². The first-order valence-corrected chi connectivity index (χ1v) is 5.69. The van der Waals surface area contributed by atoms with Crippen molar-refractivity contribution in [2.75, 3.05) is 14.1 Å². The third-order valence-electron chi connectivity index (χ3n) is 1.93. The van der Waals surface area contributed by atoms with Gasteiger partial charge < -0.3 is 21.5 Å². The fourth-order valence-electron chi connectivity index (χ4n) is 0.955. The van der Waals surface area contributed by atoms with Gasteiger partial charge in [-0.3, -0.25) is 9.59 Å². The van der Waals surface area contributed by atoms with Gasteiger partial charge in [-0.15, -0.1) is 0 Å². The number of carbonyl (C=O) groups excluding carboxylic acids is 2. The lowest BCUT2D eigenvalue weighted by Gasteiger charge is -2.12. The Hall–Kier alpha value is -3.03. The maximum Gasteiger partial charge on any atom is 0.490 e. The van der Waals surface area contributed by atoms with Gasteiger partial charge in [-0.1, -0.05) is 0 Å². The molecule has 0 unspecified atom stereocenters. The van der Waals surface area contributed by atoms with Crippen LogP contribution in [0.1, 0.15) is 6.42 Å². The number of nitrogens with zero attached hydrogens (tertiary/aromatic N) is 2. The van der Waals surface area contributed by atoms with E-state index in [1.54, 1.807) is 14.1 Å². The van der Waals surface area contributed by atoms with Crippen molar-refractivity contribution in [1.29, 1.82) is 5.26 Å². The van der Waals surface area contributed by atoms with Crippen molar-refractivity contribution in [2.24, 2.45) is 11.5 Å². The lowest BCUT2D eigenvalue weighted by atomic mass is 10.2. The predicted molar refractivity (Wildman–Crippen MR) is 72.2 cm³/mol. The van der Waals surface area contributed by atoms with Crippen molar-refractivity contribution in [3.63, 3.8) is 0 Å². The number of alkyl halides is 3. The zero-order chi connectivity index (χ0) is 18.8. The third-order valence-corrected chi connectivity index (χ3v) is 1.93. The normalized spacial score (nSPS) is 11.7. The first-order chi connectivity index (χ1) is 10.3. The summed E-state index contributed by atoms with van der Waals surface area (Å²) in [5, 5.41) is 15.8. The molecule has 0 bridgehead atoms. The number of carboxylic acids is 1. The monoisotopic (exact) mass is 336 g/mol. The minimum atomic E-state index is -5.08. The Labute approximate surface area is 129 Å². The standard InChI is InChI=1S/C10H14N4O2.C2HF3O2/c1-14(2)8(10(13)16)4-3-7(6-11)5-9(12)15;3-2(4,5)1(6)7/h3-4H,5H2,1-2H3,(H2,12,15)(H2,13,16);(H,6,7). The van der Waals surface area contributed by atoms with Gasteiger partial charge in [0.2, 0.25) is 5.91 Å². The SMILES string of the molecule is CN(C)C(=CC=C(C#N)CC(N)=O)C(N)=O.O=C(O)C(F)(F)F. The maximum atomic E-state index is 11.0. The molecule has 0 spiro atoms. The van der Waals surface area contributed by atoms with Crippen LogP contribution in [-0.4, -0.2) is 48.1 Å². The van der Waals surface area contributed by atoms with Crippen LogP contribution in [-0.2, 0) is 14.4 Å². The van der Waals surface area contributed by atoms with Gasteiger partial charge in [-0.05, 0) is 12.2 Å². The van der Waals surface area contributed by atoms with Crippen LogP contribution in [0.2, 0.25) is 0 Å². The van der Waals surface area contributed by atoms with Crippen molar-refractivity contribution < 1.29 is 32.7 Å². The molecule has 0 aromatic rings. The van der Waals surface area contributed by atoms with E-state index in [4.69, 9.17) is 26.6 Å². The largest absolute Gasteiger partial charge is 0.490 e. The number of nitriles is 1. The number of nitrogens with two attached hydrogens (primary N) is 2. The quantitative estimate of drug-likeness (QED) is 0.361. The molecule has 11 heteroatoms. The van der Waals surface area contributed by atoms with E-state index in [0.717, 1.165) is 0 Å². The van der Waals surface area contributed by atoms with Crippen molar-refractivity contribution in [3.05, 3.63) is 23.4 Å². The minimum Gasteiger partial charge on any atom is -0.475 e. The average Bonchev–Trinajstić information content (AvgIpc) is 2.35. The van der Waals surface area contributed by atoms with Crippen LogP contribution in [0.3, 0.4) is 0 Å². The summed E-state index contributed by atoms with van der Waals surface area (Å²) in [5.41, 5.74) is 10.5. The first-order valence-electron chi connectivity index (χ1n) is 5.69. The van der Waals surface area contributed by atoms with E-state index in [9.17, 15) is 22.8 Å². The summed E-state index contributed by atoms with van der Waals surface area (Å²) in [6.07, 6.45) is -2.51. The van der Waals surface area contributed by atoms with Gasteiger partial charge in [0, 0.05) is 19.7 Å². The number of hydrogen-bond acceptors (Lipinski definition) is 5. The van der Waals surface area contributed by atoms with Crippen LogP contribution < -0.4 is 11.5 Å². The second-order valence-corrected chi connectivity index (χ2v) is 4.06. The molecule has 2 amide bonds. The van der Waals surface area contributed by atoms with Crippen LogP contribution in [0.4, 0.5) is 13.2 Å². The number of halogens is 3. The lowest BCUT2D eigenvalue weighted by molar-refractivity contribution is -0.192. The summed E-state index contributed by atoms with van der Waals surface area (Å²) < 4.78 is 31.7. The maximum absolute atomic E-state index is 11.0. The first kappa shape index (κ1) is 22.3. The number of carboxylic acid groups (broad SMARTS) is 1. The van der Waals surface area contributed by atoms with E-state index in [0.29, 0.717) is 0 Å². The van der Waals surface area contributed by atoms with E-state index in [1.807, 2.05) is 6.07 Å². The lowest BCUT2D eigenvalue weighted by Crippen LogP contribution is -2.25. The number of carbonyl (C=O) groups is 3. The summed E-state index contributed by atoms with van der Waals surface area (Å²) in [5.74, 6) is -3.98. The summed E-state index contributed by atoms with van der Waals surface area (Å²) in [6.45, 7) is 0. The topological polar surface area (TPSA) is 151 Å². The van der Waals surface area contributed by atoms with Crippen LogP contribution in [0.25, 0.3) is 0 Å². The molecule has 0 aromatic carbocycles. The molecule has 23 heavy (non-hydrogen) atoms. The minimum absolute atomic E-state index is 0.160. The van der Waals surface area contributed by atoms with Crippen molar-refractivity contribution in [2.45, 2.75) is 12.6 Å². The molecule has 0 saturated heterocycles. The van der Waals surface area contributed by atoms with E-state index in [2.05, 4.69) is 0 Å². The fourth-order valence-corrected chi connectivity index (χ4v) is 0.955. The Balaban J connectivity index is 0. The molecule has 128 valence electrons. The van der Waals surface area contributed by atoms with Crippen molar-refractivity contribution in [3.8, 4) is 6.07 Å². The highest BCUT2D eigenvalue weighted by Gasteiger charge is 2.38. The highest BCUT2D eigenvalue weighted by Crippen LogP contribution is 2.13. The molecule has 0 aliphatic rings. The van der Waals surface area contributed by atoms with Gasteiger partial charge in [0.05, 0.1) is 12.5 Å². The Morgan fingerprint density at radius 2 is 1.65 bits per heavy atom. The number of allylic oxidation sites excluding steroid dienone is 2. The molecule has 8 nitrogen and oxygen atoms in total. The molecule has 0 fully saturated rings. The highest BCUT2D eigenvalue weighted by atomic mass is 19.4. The Morgan fingerprint density at radius 3 is 1.87 bits per heavy atom. The molecular weight excluding hydrogens is 321 g/mol. The predicted octanol–water partition coefficient (Wildman–Crippen LogP) is -0.124. The second-order valence-electron chi connectivity index (χ2n) is 4.06. The molecule has 0 radical (unpaired) electrons. The Morgan fingerprint density at radius 1 is 1.22 bits per heavy atom. The van der Waals surface area contributed by atoms with E-state index in [-0.39, 0.29) is 17.7 Å². The van der Waals surface area contributed by atoms with Crippen LogP contribution >= 0.6 is 0 Å². The molecule has 0 aromatic heterocycles. The molecule has 0 aliphatic heterocycles. The Kier molecular flexibility index (Phi) is 9.51. The van der Waals surface area contributed by atoms with E-state index in [1.165, 1.54) is 17.1 Å². The zero-order valence-corrected chi connectivity index (χ0v) is 12.2. The molecule has 0 aliphatic carbocycles. The number of likely N-dealkylation sites (N-methyl/N-ethyl adjacent to an activating group) is 1. The summed E-state index contributed by atoms with van der Waals surface area (Å²) in [4.78, 5) is 32.0. The van der Waals surface area contributed by atoms with Gasteiger partial charge in [0.25, 0.3) is 5.91 Å². The number of hydrogen-bond donors (Lipinski definition) is 3. The average molecular weight is 336 g/mol. The van der Waals surface area contributed by atoms with E-state index >= 15 is 0 Å². The molecule has 0 heterocycles. The fraction of sp³-hybridized carbons (Fsp3) is 0.333. The highest BCUT2D eigenvalue weighted by molar-refractivity contribution is 5.91. The summed E-state index contributed by atoms with van der Waals surface area (Å²) in [7, 11) is 3.29. The number of aliphatic carboxylic acids is 1. The molecular formula is C12H15F3N4O4. The molecule has 0 rings (SSSR count). The summed E-state index contributed by atoms with van der Waals surface area (Å²) >= 11 is 0. The molecule has 0 atom stereocenters. The Bertz CT molecular complexity index is 560. The zero-order valence-electron chi connectivity index (χ0n) is 12.2. The van der Waals surface area contributed by atoms with Gasteiger partial charge in [-0.25, -0.2) is 4.79 Å². The van der Waals surface area contributed by atoms with Crippen LogP contribution in [0.15, 0.2) is 23.4 Å². The molecule has 0 saturated carbocycles. The van der Waals surface area contributed by atoms with E-state index < -0.39 is 24.0 Å². The summed E-state index contributed by atoms with van der Waals surface area (Å²) in [6, 6.07) is 1.81. The van der Waals surface area contributed by atoms with Crippen molar-refractivity contribution >= 4 is 17.8 Å². The van der Waals surface area contributed by atoms with Gasteiger partial charge in [-0.2, -0.15) is 18.4 Å². The van der Waals surface area contributed by atoms with Gasteiger partial charge >= 0.3 is 12.1 Å².